The van der Waals surface area contributed by atoms with Crippen molar-refractivity contribution < 1.29 is 0 Å². The Kier molecular flexibility index (Phi) is 2.52. The standard InChI is InChI=1S/C14H15Cl2N3/c15-9-5-11-13(6-10(9)16)19(14(17)18-11)12-4-7-1-2-8(12)3-7/h5-8,12H,1-4H2,(H2,17,18). The number of nitrogens with zero attached hydrogens (tertiary/aromatic N) is 2. The summed E-state index contributed by atoms with van der Waals surface area (Å²) in [6, 6.07) is 4.19. The number of hydrogen-bond donors (Lipinski definition) is 1. The van der Waals surface area contributed by atoms with Gasteiger partial charge in [0.25, 0.3) is 0 Å². The third kappa shape index (κ3) is 1.68. The highest BCUT2D eigenvalue weighted by Crippen LogP contribution is 2.52. The molecule has 1 heterocycles. The van der Waals surface area contributed by atoms with Crippen molar-refractivity contribution >= 4 is 40.2 Å². The summed E-state index contributed by atoms with van der Waals surface area (Å²) in [4.78, 5) is 4.44. The third-order valence-electron chi connectivity index (χ3n) is 4.79. The van der Waals surface area contributed by atoms with Crippen LogP contribution in [0.3, 0.4) is 0 Å². The van der Waals surface area contributed by atoms with E-state index in [1.54, 1.807) is 6.07 Å². The molecule has 3 atom stereocenters. The minimum absolute atomic E-state index is 0.487. The summed E-state index contributed by atoms with van der Waals surface area (Å²) in [5.74, 6) is 2.21. The Morgan fingerprint density at radius 1 is 1.16 bits per heavy atom. The number of halogens is 2. The maximum Gasteiger partial charge on any atom is 0.201 e. The molecule has 19 heavy (non-hydrogen) atoms. The fourth-order valence-corrected chi connectivity index (χ4v) is 4.30. The second kappa shape index (κ2) is 4.03. The molecule has 2 N–H and O–H groups in total. The Balaban J connectivity index is 1.89. The molecule has 2 saturated carbocycles. The van der Waals surface area contributed by atoms with Crippen molar-refractivity contribution in [1.82, 2.24) is 9.55 Å². The molecule has 0 aliphatic heterocycles. The zero-order chi connectivity index (χ0) is 13.1. The first-order valence-electron chi connectivity index (χ1n) is 6.76. The maximum atomic E-state index is 6.14. The molecule has 0 amide bonds. The average molecular weight is 296 g/mol. The summed E-state index contributed by atoms with van der Waals surface area (Å²) in [5.41, 5.74) is 7.99. The SMILES string of the molecule is Nc1nc2cc(Cl)c(Cl)cc2n1C1CC2CCC1C2. The lowest BCUT2D eigenvalue weighted by molar-refractivity contribution is 0.339. The van der Waals surface area contributed by atoms with Crippen molar-refractivity contribution in [3.8, 4) is 0 Å². The lowest BCUT2D eigenvalue weighted by atomic mass is 9.95. The van der Waals surface area contributed by atoms with Crippen molar-refractivity contribution in [2.24, 2.45) is 11.8 Å². The first kappa shape index (κ1) is 11.9. The Morgan fingerprint density at radius 2 is 1.95 bits per heavy atom. The van der Waals surface area contributed by atoms with Crippen LogP contribution in [-0.4, -0.2) is 9.55 Å². The predicted octanol–water partition coefficient (Wildman–Crippen LogP) is 4.29. The van der Waals surface area contributed by atoms with Crippen LogP contribution in [0.5, 0.6) is 0 Å². The van der Waals surface area contributed by atoms with E-state index in [4.69, 9.17) is 28.9 Å². The van der Waals surface area contributed by atoms with Crippen LogP contribution in [0, 0.1) is 11.8 Å². The number of benzene rings is 1. The fourth-order valence-electron chi connectivity index (χ4n) is 3.98. The number of nitrogen functional groups attached to an aromatic ring is 1. The minimum Gasteiger partial charge on any atom is -0.369 e. The molecule has 0 spiro atoms. The smallest absolute Gasteiger partial charge is 0.201 e. The summed E-state index contributed by atoms with van der Waals surface area (Å²) in [5, 5.41) is 1.10. The van der Waals surface area contributed by atoms with E-state index in [0.29, 0.717) is 22.0 Å². The molecule has 3 unspecified atom stereocenters. The Morgan fingerprint density at radius 3 is 2.63 bits per heavy atom. The van der Waals surface area contributed by atoms with Gasteiger partial charge in [-0.05, 0) is 43.2 Å². The van der Waals surface area contributed by atoms with Crippen LogP contribution in [0.1, 0.15) is 31.7 Å². The summed E-state index contributed by atoms with van der Waals surface area (Å²) in [7, 11) is 0. The molecule has 100 valence electrons. The van der Waals surface area contributed by atoms with Gasteiger partial charge in [0.15, 0.2) is 0 Å². The van der Waals surface area contributed by atoms with Crippen molar-refractivity contribution in [1.29, 1.82) is 0 Å². The largest absolute Gasteiger partial charge is 0.369 e. The molecule has 2 bridgehead atoms. The van der Waals surface area contributed by atoms with Crippen LogP contribution in [0.25, 0.3) is 11.0 Å². The highest BCUT2D eigenvalue weighted by atomic mass is 35.5. The van der Waals surface area contributed by atoms with Crippen LogP contribution in [0.4, 0.5) is 5.95 Å². The summed E-state index contributed by atoms with van der Waals surface area (Å²) in [6.45, 7) is 0. The average Bonchev–Trinajstić information content (AvgIpc) is 3.03. The van der Waals surface area contributed by atoms with E-state index in [1.165, 1.54) is 25.7 Å². The molecule has 0 radical (unpaired) electrons. The number of anilines is 1. The maximum absolute atomic E-state index is 6.14. The van der Waals surface area contributed by atoms with Crippen molar-refractivity contribution in [3.05, 3.63) is 22.2 Å². The van der Waals surface area contributed by atoms with Gasteiger partial charge in [-0.3, -0.25) is 0 Å². The number of rotatable bonds is 1. The van der Waals surface area contributed by atoms with Gasteiger partial charge in [0.05, 0.1) is 21.1 Å². The van der Waals surface area contributed by atoms with Gasteiger partial charge in [-0.1, -0.05) is 29.6 Å². The van der Waals surface area contributed by atoms with Gasteiger partial charge >= 0.3 is 0 Å². The van der Waals surface area contributed by atoms with Crippen molar-refractivity contribution in [2.45, 2.75) is 31.7 Å². The normalized spacial score (nSPS) is 29.5. The highest BCUT2D eigenvalue weighted by molar-refractivity contribution is 6.42. The summed E-state index contributed by atoms with van der Waals surface area (Å²) in [6.07, 6.45) is 5.25. The van der Waals surface area contributed by atoms with Gasteiger partial charge in [-0.2, -0.15) is 0 Å². The zero-order valence-corrected chi connectivity index (χ0v) is 12.0. The van der Waals surface area contributed by atoms with Gasteiger partial charge in [0, 0.05) is 6.04 Å². The monoisotopic (exact) mass is 295 g/mol. The van der Waals surface area contributed by atoms with Gasteiger partial charge in [0.2, 0.25) is 5.95 Å². The fraction of sp³-hybridized carbons (Fsp3) is 0.500. The van der Waals surface area contributed by atoms with Crippen LogP contribution in [-0.2, 0) is 0 Å². The second-order valence-corrected chi connectivity index (χ2v) is 6.65. The van der Waals surface area contributed by atoms with E-state index in [1.807, 2.05) is 6.07 Å². The van der Waals surface area contributed by atoms with Crippen molar-refractivity contribution in [2.75, 3.05) is 5.73 Å². The van der Waals surface area contributed by atoms with Crippen LogP contribution in [0.15, 0.2) is 12.1 Å². The Hall–Kier alpha value is -0.930. The number of aromatic nitrogens is 2. The molecule has 0 saturated heterocycles. The van der Waals surface area contributed by atoms with E-state index >= 15 is 0 Å². The molecule has 3 nitrogen and oxygen atoms in total. The molecule has 1 aromatic heterocycles. The van der Waals surface area contributed by atoms with Gasteiger partial charge in [0.1, 0.15) is 0 Å². The Bertz CT molecular complexity index is 664. The molecular formula is C14H15Cl2N3. The van der Waals surface area contributed by atoms with Gasteiger partial charge in [-0.25, -0.2) is 4.98 Å². The number of imidazole rings is 1. The van der Waals surface area contributed by atoms with E-state index in [0.717, 1.165) is 22.9 Å². The van der Waals surface area contributed by atoms with Crippen LogP contribution >= 0.6 is 23.2 Å². The van der Waals surface area contributed by atoms with Crippen molar-refractivity contribution in [3.63, 3.8) is 0 Å². The summed E-state index contributed by atoms with van der Waals surface area (Å²) < 4.78 is 2.18. The van der Waals surface area contributed by atoms with Gasteiger partial charge in [-0.15, -0.1) is 0 Å². The number of fused-ring (bicyclic) bond motifs is 3. The first-order valence-corrected chi connectivity index (χ1v) is 7.51. The lowest BCUT2D eigenvalue weighted by Gasteiger charge is -2.24. The number of nitrogens with two attached hydrogens (primary N) is 1. The molecule has 4 rings (SSSR count). The van der Waals surface area contributed by atoms with E-state index < -0.39 is 0 Å². The molecule has 2 aliphatic carbocycles. The first-order chi connectivity index (χ1) is 9.13. The molecular weight excluding hydrogens is 281 g/mol. The quantitative estimate of drug-likeness (QED) is 0.853. The van der Waals surface area contributed by atoms with Crippen LogP contribution in [0.2, 0.25) is 10.0 Å². The molecule has 5 heteroatoms. The third-order valence-corrected chi connectivity index (χ3v) is 5.51. The minimum atomic E-state index is 0.487. The molecule has 2 fully saturated rings. The van der Waals surface area contributed by atoms with E-state index in [9.17, 15) is 0 Å². The van der Waals surface area contributed by atoms with E-state index in [-0.39, 0.29) is 0 Å². The summed E-state index contributed by atoms with van der Waals surface area (Å²) >= 11 is 12.2. The molecule has 1 aromatic carbocycles. The van der Waals surface area contributed by atoms with E-state index in [2.05, 4.69) is 9.55 Å². The van der Waals surface area contributed by atoms with Gasteiger partial charge < -0.3 is 10.3 Å². The topological polar surface area (TPSA) is 43.8 Å². The van der Waals surface area contributed by atoms with Crippen LogP contribution < -0.4 is 5.73 Å². The molecule has 2 aromatic rings. The lowest BCUT2D eigenvalue weighted by Crippen LogP contribution is -2.17. The number of hydrogen-bond acceptors (Lipinski definition) is 2. The second-order valence-electron chi connectivity index (χ2n) is 5.84. The zero-order valence-electron chi connectivity index (χ0n) is 10.4. The Labute approximate surface area is 121 Å². The molecule has 2 aliphatic rings. The highest BCUT2D eigenvalue weighted by Gasteiger charge is 2.41. The predicted molar refractivity (Wildman–Crippen MR) is 78.7 cm³/mol.